The van der Waals surface area contributed by atoms with Crippen molar-refractivity contribution >= 4 is 30.4 Å². The smallest absolute Gasteiger partial charge is 0.363 e. The molecule has 0 N–H and O–H groups in total. The largest absolute Gasteiger partial charge is 0.423 e. The van der Waals surface area contributed by atoms with E-state index in [2.05, 4.69) is 9.73 Å². The van der Waals surface area contributed by atoms with Crippen LogP contribution in [0.15, 0.2) is 28.9 Å². The third-order valence-electron chi connectivity index (χ3n) is 2.34. The van der Waals surface area contributed by atoms with Crippen molar-refractivity contribution in [2.75, 3.05) is 0 Å². The minimum atomic E-state index is -0.576. The number of carbonyl (C=O) groups excluding carboxylic acids is 3. The third kappa shape index (κ3) is 3.75. The zero-order valence-electron chi connectivity index (χ0n) is 11.3. The first-order valence-corrected chi connectivity index (χ1v) is 5.92. The van der Waals surface area contributed by atoms with Gasteiger partial charge in [-0.1, -0.05) is 6.07 Å². The highest BCUT2D eigenvalue weighted by Gasteiger charge is 2.16. The van der Waals surface area contributed by atoms with E-state index in [1.165, 1.54) is 32.1 Å². The average Bonchev–Trinajstić information content (AvgIpc) is 2.77. The number of hydrogen-bond acceptors (Lipinski definition) is 7. The Hall–Kier alpha value is -2.96. The van der Waals surface area contributed by atoms with E-state index in [1.807, 2.05) is 0 Å². The molecule has 0 atom stereocenters. The van der Waals surface area contributed by atoms with E-state index < -0.39 is 17.9 Å². The molecule has 21 heavy (non-hydrogen) atoms. The first kappa shape index (κ1) is 14.4. The van der Waals surface area contributed by atoms with Gasteiger partial charge < -0.3 is 14.2 Å². The van der Waals surface area contributed by atoms with Crippen LogP contribution in [-0.4, -0.2) is 24.3 Å². The Morgan fingerprint density at radius 3 is 2.38 bits per heavy atom. The highest BCUT2D eigenvalue weighted by Crippen LogP contribution is 2.30. The zero-order chi connectivity index (χ0) is 15.4. The van der Waals surface area contributed by atoms with Crippen molar-refractivity contribution in [2.45, 2.75) is 13.8 Å². The van der Waals surface area contributed by atoms with Crippen LogP contribution < -0.4 is 9.47 Å². The van der Waals surface area contributed by atoms with Crippen molar-refractivity contribution in [3.63, 3.8) is 0 Å². The fourth-order valence-electron chi connectivity index (χ4n) is 1.59. The van der Waals surface area contributed by atoms with Crippen LogP contribution >= 0.6 is 0 Å². The van der Waals surface area contributed by atoms with Gasteiger partial charge in [-0.25, -0.2) is 9.79 Å². The Morgan fingerprint density at radius 1 is 1.14 bits per heavy atom. The van der Waals surface area contributed by atoms with Crippen LogP contribution in [0.1, 0.15) is 19.4 Å². The van der Waals surface area contributed by atoms with Gasteiger partial charge in [-0.15, -0.1) is 0 Å². The van der Waals surface area contributed by atoms with Gasteiger partial charge in [-0.05, 0) is 23.8 Å². The molecule has 0 saturated heterocycles. The molecular weight excluding hydrogens is 278 g/mol. The second-order valence-corrected chi connectivity index (χ2v) is 4.06. The van der Waals surface area contributed by atoms with Crippen LogP contribution in [0.3, 0.4) is 0 Å². The van der Waals surface area contributed by atoms with Crippen LogP contribution in [0.5, 0.6) is 11.5 Å². The van der Waals surface area contributed by atoms with Crippen molar-refractivity contribution in [3.8, 4) is 11.5 Å². The van der Waals surface area contributed by atoms with Gasteiger partial charge in [0.1, 0.15) is 0 Å². The van der Waals surface area contributed by atoms with Gasteiger partial charge in [0.15, 0.2) is 23.6 Å². The fraction of sp³-hybridized carbons (Fsp3) is 0.143. The van der Waals surface area contributed by atoms with Gasteiger partial charge in [0.05, 0.1) is 0 Å². The first-order chi connectivity index (χ1) is 9.95. The van der Waals surface area contributed by atoms with Crippen molar-refractivity contribution in [1.29, 1.82) is 0 Å². The summed E-state index contributed by atoms with van der Waals surface area (Å²) in [5, 5.41) is 0. The Labute approximate surface area is 119 Å². The zero-order valence-corrected chi connectivity index (χ0v) is 11.3. The number of esters is 3. The Kier molecular flexibility index (Phi) is 4.13. The van der Waals surface area contributed by atoms with Crippen molar-refractivity contribution < 1.29 is 28.6 Å². The summed E-state index contributed by atoms with van der Waals surface area (Å²) in [6.07, 6.45) is 2.49. The number of nitrogens with zero attached hydrogens (tertiary/aromatic N) is 1. The van der Waals surface area contributed by atoms with Gasteiger partial charge in [-0.2, -0.15) is 0 Å². The van der Waals surface area contributed by atoms with Crippen molar-refractivity contribution in [2.24, 2.45) is 4.99 Å². The Bertz CT molecular complexity index is 674. The summed E-state index contributed by atoms with van der Waals surface area (Å²) in [6.45, 7) is 2.46. The number of benzene rings is 1. The predicted molar refractivity (Wildman–Crippen MR) is 71.6 cm³/mol. The molecule has 2 rings (SSSR count). The molecule has 0 bridgehead atoms. The van der Waals surface area contributed by atoms with Crippen molar-refractivity contribution in [1.82, 2.24) is 0 Å². The minimum Gasteiger partial charge on any atom is -0.423 e. The lowest BCUT2D eigenvalue weighted by atomic mass is 10.1. The molecular formula is C14H11NO6. The predicted octanol–water partition coefficient (Wildman–Crippen LogP) is 1.46. The molecule has 1 aromatic rings. The van der Waals surface area contributed by atoms with E-state index in [4.69, 9.17) is 9.47 Å². The molecule has 7 nitrogen and oxygen atoms in total. The minimum absolute atomic E-state index is 0.0717. The van der Waals surface area contributed by atoms with Gasteiger partial charge in [0, 0.05) is 13.8 Å². The van der Waals surface area contributed by atoms with Crippen LogP contribution in [-0.2, 0) is 19.1 Å². The van der Waals surface area contributed by atoms with Crippen molar-refractivity contribution in [3.05, 3.63) is 29.5 Å². The van der Waals surface area contributed by atoms with Gasteiger partial charge in [-0.3, -0.25) is 9.59 Å². The van der Waals surface area contributed by atoms with Gasteiger partial charge >= 0.3 is 17.9 Å². The van der Waals surface area contributed by atoms with E-state index in [0.29, 0.717) is 5.56 Å². The van der Waals surface area contributed by atoms with Crippen LogP contribution in [0.25, 0.3) is 6.08 Å². The van der Waals surface area contributed by atoms with E-state index in [-0.39, 0.29) is 17.2 Å². The average molecular weight is 289 g/mol. The second kappa shape index (κ2) is 6.00. The standard InChI is InChI=1S/C14H11NO6/c1-8(16)20-12-4-3-10(6-13(12)21-9(2)17)5-11-14(18)19-7-15-11/h3-7H,1-2H3. The monoisotopic (exact) mass is 289 g/mol. The molecule has 0 aromatic heterocycles. The summed E-state index contributed by atoms with van der Waals surface area (Å²) in [5.41, 5.74) is 0.650. The molecule has 7 heteroatoms. The molecule has 1 heterocycles. The molecule has 1 aliphatic heterocycles. The molecule has 0 amide bonds. The van der Waals surface area contributed by atoms with E-state index >= 15 is 0 Å². The number of rotatable bonds is 3. The lowest BCUT2D eigenvalue weighted by Crippen LogP contribution is -2.07. The highest BCUT2D eigenvalue weighted by atomic mass is 16.6. The van der Waals surface area contributed by atoms with E-state index in [1.54, 1.807) is 6.07 Å². The molecule has 0 fully saturated rings. The molecule has 0 unspecified atom stereocenters. The Morgan fingerprint density at radius 2 is 1.81 bits per heavy atom. The van der Waals surface area contributed by atoms with Gasteiger partial charge in [0.2, 0.25) is 0 Å². The van der Waals surface area contributed by atoms with E-state index in [0.717, 1.165) is 6.40 Å². The topological polar surface area (TPSA) is 91.3 Å². The molecule has 1 aliphatic rings. The maximum atomic E-state index is 11.3. The number of aliphatic imine (C=N–C) groups is 1. The normalized spacial score (nSPS) is 15.0. The SMILES string of the molecule is CC(=O)Oc1ccc(C=C2N=COC2=O)cc1OC(C)=O. The van der Waals surface area contributed by atoms with Gasteiger partial charge in [0.25, 0.3) is 0 Å². The number of cyclic esters (lactones) is 1. The summed E-state index contributed by atoms with van der Waals surface area (Å²) in [6, 6.07) is 4.49. The lowest BCUT2D eigenvalue weighted by Gasteiger charge is -2.09. The molecule has 0 spiro atoms. The van der Waals surface area contributed by atoms with Crippen LogP contribution in [0.2, 0.25) is 0 Å². The third-order valence-corrected chi connectivity index (χ3v) is 2.34. The summed E-state index contributed by atoms with van der Waals surface area (Å²) in [5.74, 6) is -1.50. The number of hydrogen-bond donors (Lipinski definition) is 0. The second-order valence-electron chi connectivity index (χ2n) is 4.06. The molecule has 1 aromatic carbocycles. The Balaban J connectivity index is 2.36. The summed E-state index contributed by atoms with van der Waals surface area (Å²) >= 11 is 0. The summed E-state index contributed by atoms with van der Waals surface area (Å²) < 4.78 is 14.5. The fourth-order valence-corrected chi connectivity index (χ4v) is 1.59. The molecule has 108 valence electrons. The van der Waals surface area contributed by atoms with E-state index in [9.17, 15) is 14.4 Å². The summed E-state index contributed by atoms with van der Waals surface area (Å²) in [7, 11) is 0. The highest BCUT2D eigenvalue weighted by molar-refractivity contribution is 6.01. The molecule has 0 saturated carbocycles. The maximum absolute atomic E-state index is 11.3. The quantitative estimate of drug-likeness (QED) is 0.475. The molecule has 0 aliphatic carbocycles. The lowest BCUT2D eigenvalue weighted by molar-refractivity contribution is -0.134. The van der Waals surface area contributed by atoms with Crippen LogP contribution in [0, 0.1) is 0 Å². The number of ether oxygens (including phenoxy) is 3. The number of carbonyl (C=O) groups is 3. The van der Waals surface area contributed by atoms with Crippen LogP contribution in [0.4, 0.5) is 0 Å². The maximum Gasteiger partial charge on any atom is 0.363 e. The summed E-state index contributed by atoms with van der Waals surface area (Å²) in [4.78, 5) is 37.1. The first-order valence-electron chi connectivity index (χ1n) is 5.92. The molecule has 0 radical (unpaired) electrons.